The van der Waals surface area contributed by atoms with Crippen molar-refractivity contribution in [3.8, 4) is 5.75 Å². The van der Waals surface area contributed by atoms with E-state index in [2.05, 4.69) is 10.6 Å². The molecule has 0 spiro atoms. The minimum Gasteiger partial charge on any atom is -0.497 e. The Hall–Kier alpha value is -3.51. The number of aliphatic hydroxyl groups is 2. The Balaban J connectivity index is 1.69. The molecule has 1 aliphatic rings. The number of carbonyl (C=O) groups is 3. The number of methoxy groups -OCH3 is 1. The Morgan fingerprint density at radius 1 is 1.03 bits per heavy atom. The van der Waals surface area contributed by atoms with Crippen LogP contribution in [0.4, 0.5) is 0 Å². The maximum atomic E-state index is 13.0. The normalized spacial score (nSPS) is 16.2. The van der Waals surface area contributed by atoms with Crippen molar-refractivity contribution in [2.45, 2.75) is 24.8 Å². The summed E-state index contributed by atoms with van der Waals surface area (Å²) in [7, 11) is 1.50. The summed E-state index contributed by atoms with van der Waals surface area (Å²) in [6.45, 7) is 1.43. The van der Waals surface area contributed by atoms with Gasteiger partial charge >= 0.3 is 5.97 Å². The van der Waals surface area contributed by atoms with Crippen LogP contribution in [0.2, 0.25) is 0 Å². The van der Waals surface area contributed by atoms with Gasteiger partial charge in [0.05, 0.1) is 33.5 Å². The summed E-state index contributed by atoms with van der Waals surface area (Å²) in [5.41, 5.74) is 1.06. The smallest absolute Gasteiger partial charge is 0.332 e. The third kappa shape index (κ3) is 8.53. The number of nitrogens with one attached hydrogen (secondary N) is 2. The first kappa shape index (κ1) is 28.1. The van der Waals surface area contributed by atoms with Gasteiger partial charge in [-0.1, -0.05) is 42.5 Å². The third-order valence-electron chi connectivity index (χ3n) is 5.85. The van der Waals surface area contributed by atoms with E-state index in [0.29, 0.717) is 37.6 Å². The standard InChI is InChI=1S/C26H33N3O8/c1-35-20-9-7-19(8-10-20)24(32)23(26(34)37-17-18-5-3-2-4-6-18)28-25(33)21(16-30)27-22(31)15-29-11-13-36-14-12-29/h2-10,21,23-24,30,32H,11-17H2,1H3,(H,27,31)(H,28,33)/t21-,23-,24+/m0/s1. The Labute approximate surface area is 215 Å². The molecule has 0 aromatic heterocycles. The van der Waals surface area contributed by atoms with Gasteiger partial charge in [0, 0.05) is 13.1 Å². The maximum Gasteiger partial charge on any atom is 0.332 e. The number of hydrogen-bond donors (Lipinski definition) is 4. The van der Waals surface area contributed by atoms with E-state index in [4.69, 9.17) is 14.2 Å². The lowest BCUT2D eigenvalue weighted by Gasteiger charge is -2.27. The van der Waals surface area contributed by atoms with E-state index in [-0.39, 0.29) is 13.2 Å². The van der Waals surface area contributed by atoms with E-state index in [0.717, 1.165) is 5.56 Å². The minimum atomic E-state index is -1.50. The van der Waals surface area contributed by atoms with Crippen LogP contribution in [0.3, 0.4) is 0 Å². The average molecular weight is 516 g/mol. The maximum absolute atomic E-state index is 13.0. The van der Waals surface area contributed by atoms with Crippen LogP contribution < -0.4 is 15.4 Å². The van der Waals surface area contributed by atoms with Gasteiger partial charge < -0.3 is 35.1 Å². The van der Waals surface area contributed by atoms with E-state index in [1.54, 1.807) is 48.5 Å². The zero-order valence-electron chi connectivity index (χ0n) is 20.7. The zero-order valence-corrected chi connectivity index (χ0v) is 20.7. The molecule has 0 radical (unpaired) electrons. The molecule has 200 valence electrons. The molecule has 37 heavy (non-hydrogen) atoms. The van der Waals surface area contributed by atoms with Crippen molar-refractivity contribution in [2.24, 2.45) is 0 Å². The fraction of sp³-hybridized carbons (Fsp3) is 0.423. The van der Waals surface area contributed by atoms with Gasteiger partial charge in [0.2, 0.25) is 11.8 Å². The molecule has 2 amide bonds. The van der Waals surface area contributed by atoms with Gasteiger partial charge in [-0.15, -0.1) is 0 Å². The van der Waals surface area contributed by atoms with Crippen molar-refractivity contribution in [1.29, 1.82) is 0 Å². The largest absolute Gasteiger partial charge is 0.497 e. The van der Waals surface area contributed by atoms with Gasteiger partial charge in [-0.2, -0.15) is 0 Å². The number of rotatable bonds is 12. The predicted molar refractivity (Wildman–Crippen MR) is 132 cm³/mol. The van der Waals surface area contributed by atoms with Gasteiger partial charge in [-0.05, 0) is 23.3 Å². The molecule has 2 aromatic carbocycles. The number of amides is 2. The Kier molecular flexibility index (Phi) is 10.8. The van der Waals surface area contributed by atoms with Crippen molar-refractivity contribution < 1.29 is 38.8 Å². The van der Waals surface area contributed by atoms with Gasteiger partial charge in [0.25, 0.3) is 0 Å². The average Bonchev–Trinajstić information content (AvgIpc) is 2.94. The van der Waals surface area contributed by atoms with Crippen LogP contribution in [0, 0.1) is 0 Å². The molecule has 0 unspecified atom stereocenters. The molecular formula is C26H33N3O8. The summed E-state index contributed by atoms with van der Waals surface area (Å²) >= 11 is 0. The van der Waals surface area contributed by atoms with Gasteiger partial charge in [-0.25, -0.2) is 4.79 Å². The van der Waals surface area contributed by atoms with Crippen LogP contribution in [0.1, 0.15) is 17.2 Å². The highest BCUT2D eigenvalue weighted by Gasteiger charge is 2.34. The lowest BCUT2D eigenvalue weighted by molar-refractivity contribution is -0.153. The third-order valence-corrected chi connectivity index (χ3v) is 5.85. The fourth-order valence-electron chi connectivity index (χ4n) is 3.73. The highest BCUT2D eigenvalue weighted by Crippen LogP contribution is 2.21. The van der Waals surface area contributed by atoms with Crippen molar-refractivity contribution in [3.63, 3.8) is 0 Å². The molecule has 4 N–H and O–H groups in total. The lowest BCUT2D eigenvalue weighted by atomic mass is 10.0. The minimum absolute atomic E-state index is 0.0319. The molecule has 1 heterocycles. The SMILES string of the molecule is COc1ccc([C@@H](O)[C@H](NC(=O)[C@H](CO)NC(=O)CN2CCOCC2)C(=O)OCc2ccccc2)cc1. The predicted octanol–water partition coefficient (Wildman–Crippen LogP) is -0.234. The van der Waals surface area contributed by atoms with Crippen molar-refractivity contribution >= 4 is 17.8 Å². The molecule has 11 nitrogen and oxygen atoms in total. The van der Waals surface area contributed by atoms with Crippen LogP contribution in [-0.2, 0) is 30.5 Å². The number of esters is 1. The highest BCUT2D eigenvalue weighted by atomic mass is 16.5. The van der Waals surface area contributed by atoms with E-state index < -0.39 is 42.6 Å². The molecule has 3 rings (SSSR count). The van der Waals surface area contributed by atoms with E-state index >= 15 is 0 Å². The molecule has 1 aliphatic heterocycles. The quantitative estimate of drug-likeness (QED) is 0.281. The van der Waals surface area contributed by atoms with Gasteiger partial charge in [0.1, 0.15) is 24.5 Å². The second-order valence-corrected chi connectivity index (χ2v) is 8.49. The van der Waals surface area contributed by atoms with Crippen LogP contribution in [0.5, 0.6) is 5.75 Å². The molecule has 1 saturated heterocycles. The molecule has 11 heteroatoms. The number of benzene rings is 2. The number of ether oxygens (including phenoxy) is 3. The fourth-order valence-corrected chi connectivity index (χ4v) is 3.73. The number of morpholine rings is 1. The van der Waals surface area contributed by atoms with E-state index in [1.165, 1.54) is 7.11 Å². The first-order chi connectivity index (χ1) is 17.9. The summed E-state index contributed by atoms with van der Waals surface area (Å²) in [6.07, 6.45) is -1.47. The summed E-state index contributed by atoms with van der Waals surface area (Å²) < 4.78 is 15.7. The number of carbonyl (C=O) groups excluding carboxylic acids is 3. The Morgan fingerprint density at radius 2 is 1.70 bits per heavy atom. The van der Waals surface area contributed by atoms with E-state index in [1.807, 2.05) is 11.0 Å². The second kappa shape index (κ2) is 14.3. The highest BCUT2D eigenvalue weighted by molar-refractivity contribution is 5.91. The van der Waals surface area contributed by atoms with Gasteiger partial charge in [-0.3, -0.25) is 14.5 Å². The number of hydrogen-bond acceptors (Lipinski definition) is 9. The summed E-state index contributed by atoms with van der Waals surface area (Å²) in [5.74, 6) is -1.63. The molecule has 0 bridgehead atoms. The first-order valence-electron chi connectivity index (χ1n) is 11.9. The monoisotopic (exact) mass is 515 g/mol. The van der Waals surface area contributed by atoms with Crippen LogP contribution in [0.25, 0.3) is 0 Å². The van der Waals surface area contributed by atoms with Crippen LogP contribution >= 0.6 is 0 Å². The van der Waals surface area contributed by atoms with Crippen LogP contribution in [0.15, 0.2) is 54.6 Å². The molecule has 0 saturated carbocycles. The van der Waals surface area contributed by atoms with Crippen LogP contribution in [-0.4, -0.2) is 91.5 Å². The summed E-state index contributed by atoms with van der Waals surface area (Å²) in [5, 5.41) is 25.7. The topological polar surface area (TPSA) is 147 Å². The molecular weight excluding hydrogens is 482 g/mol. The van der Waals surface area contributed by atoms with Crippen molar-refractivity contribution in [3.05, 3.63) is 65.7 Å². The second-order valence-electron chi connectivity index (χ2n) is 8.49. The summed E-state index contributed by atoms with van der Waals surface area (Å²) in [6, 6.07) is 12.4. The molecule has 0 aliphatic carbocycles. The number of aliphatic hydroxyl groups excluding tert-OH is 2. The zero-order chi connectivity index (χ0) is 26.6. The Bertz CT molecular complexity index is 1010. The molecule has 1 fully saturated rings. The first-order valence-corrected chi connectivity index (χ1v) is 11.9. The molecule has 2 aromatic rings. The molecule has 3 atom stereocenters. The van der Waals surface area contributed by atoms with Crippen molar-refractivity contribution in [2.75, 3.05) is 46.6 Å². The van der Waals surface area contributed by atoms with E-state index in [9.17, 15) is 24.6 Å². The van der Waals surface area contributed by atoms with Gasteiger partial charge in [0.15, 0.2) is 6.04 Å². The summed E-state index contributed by atoms with van der Waals surface area (Å²) in [4.78, 5) is 40.3. The van der Waals surface area contributed by atoms with Crippen molar-refractivity contribution in [1.82, 2.24) is 15.5 Å². The lowest BCUT2D eigenvalue weighted by Crippen LogP contribution is -2.56. The Morgan fingerprint density at radius 3 is 2.32 bits per heavy atom. The number of nitrogens with zero attached hydrogens (tertiary/aromatic N) is 1.